The minimum Gasteiger partial charge on any atom is -0.497 e. The number of hydrogen-bond acceptors (Lipinski definition) is 7. The van der Waals surface area contributed by atoms with E-state index in [1.807, 2.05) is 72.2 Å². The minimum atomic E-state index is -0.211. The number of aromatic nitrogens is 3. The van der Waals surface area contributed by atoms with Gasteiger partial charge in [0, 0.05) is 4.88 Å². The molecule has 9 heteroatoms. The van der Waals surface area contributed by atoms with Crippen LogP contribution in [0.5, 0.6) is 5.75 Å². The van der Waals surface area contributed by atoms with Crippen LogP contribution in [0.15, 0.2) is 78.3 Å². The Labute approximate surface area is 204 Å². The summed E-state index contributed by atoms with van der Waals surface area (Å²) in [5.41, 5.74) is 10.0. The van der Waals surface area contributed by atoms with Gasteiger partial charge in [0.1, 0.15) is 11.4 Å². The van der Waals surface area contributed by atoms with Gasteiger partial charge in [0.05, 0.1) is 41.0 Å². The second-order valence-electron chi connectivity index (χ2n) is 7.55. The maximum Gasteiger partial charge on any atom is 0.265 e. The van der Waals surface area contributed by atoms with Crippen LogP contribution >= 0.6 is 22.7 Å². The molecule has 5 rings (SSSR count). The quantitative estimate of drug-likeness (QED) is 0.290. The Morgan fingerprint density at radius 3 is 2.71 bits per heavy atom. The number of thiophene rings is 2. The van der Waals surface area contributed by atoms with E-state index < -0.39 is 0 Å². The van der Waals surface area contributed by atoms with Crippen molar-refractivity contribution in [3.63, 3.8) is 0 Å². The fraction of sp³-hybridized carbons (Fsp3) is 0.0800. The zero-order chi connectivity index (χ0) is 23.5. The van der Waals surface area contributed by atoms with E-state index in [0.29, 0.717) is 22.8 Å². The molecule has 1 amide bonds. The third-order valence-corrected chi connectivity index (χ3v) is 7.26. The topological polar surface area (TPSA) is 95.1 Å². The fourth-order valence-electron chi connectivity index (χ4n) is 3.45. The first kappa shape index (κ1) is 21.9. The molecule has 0 unspecified atom stereocenters. The molecule has 0 bridgehead atoms. The molecule has 0 saturated carbocycles. The van der Waals surface area contributed by atoms with Crippen molar-refractivity contribution in [2.24, 2.45) is 0 Å². The number of rotatable bonds is 7. The van der Waals surface area contributed by atoms with E-state index in [4.69, 9.17) is 10.5 Å². The molecule has 0 aliphatic heterocycles. The van der Waals surface area contributed by atoms with Gasteiger partial charge in [0.2, 0.25) is 0 Å². The third-order valence-electron chi connectivity index (χ3n) is 5.23. The summed E-state index contributed by atoms with van der Waals surface area (Å²) in [7, 11) is 1.64. The van der Waals surface area contributed by atoms with Crippen molar-refractivity contribution in [2.75, 3.05) is 18.2 Å². The van der Waals surface area contributed by atoms with E-state index >= 15 is 0 Å². The highest BCUT2D eigenvalue weighted by atomic mass is 32.1. The van der Waals surface area contributed by atoms with Gasteiger partial charge in [-0.25, -0.2) is 4.68 Å². The minimum absolute atomic E-state index is 0.211. The van der Waals surface area contributed by atoms with Gasteiger partial charge in [0.15, 0.2) is 0 Å². The van der Waals surface area contributed by atoms with E-state index in [2.05, 4.69) is 15.6 Å². The van der Waals surface area contributed by atoms with Crippen LogP contribution in [0, 0.1) is 0 Å². The molecule has 0 fully saturated rings. The van der Waals surface area contributed by atoms with Crippen LogP contribution in [0.4, 0.5) is 11.4 Å². The summed E-state index contributed by atoms with van der Waals surface area (Å²) in [6, 6.07) is 21.2. The zero-order valence-electron chi connectivity index (χ0n) is 18.3. The second-order valence-corrected chi connectivity index (χ2v) is 9.58. The van der Waals surface area contributed by atoms with Gasteiger partial charge in [0.25, 0.3) is 5.91 Å². The number of nitrogens with one attached hydrogen (secondary N) is 1. The van der Waals surface area contributed by atoms with Crippen molar-refractivity contribution in [3.05, 3.63) is 88.7 Å². The van der Waals surface area contributed by atoms with E-state index in [-0.39, 0.29) is 5.91 Å². The van der Waals surface area contributed by atoms with E-state index in [1.165, 1.54) is 11.3 Å². The summed E-state index contributed by atoms with van der Waals surface area (Å²) >= 11 is 3.00. The number of benzene rings is 2. The van der Waals surface area contributed by atoms with Crippen LogP contribution < -0.4 is 15.8 Å². The standard InChI is InChI=1S/C25H21N5O2S2/c1-32-18-7-4-16(5-8-18)14-30-15-21(28-29-30)23-10-11-24(34-23)25(31)27-20-13-17(6-9-19(20)26)22-3-2-12-33-22/h2-13,15H,14,26H2,1H3,(H,27,31). The summed E-state index contributed by atoms with van der Waals surface area (Å²) in [6.45, 7) is 0.593. The summed E-state index contributed by atoms with van der Waals surface area (Å²) in [5.74, 6) is 0.601. The predicted molar refractivity (Wildman–Crippen MR) is 138 cm³/mol. The fourth-order valence-corrected chi connectivity index (χ4v) is 5.02. The summed E-state index contributed by atoms with van der Waals surface area (Å²) in [6.07, 6.45) is 1.88. The lowest BCUT2D eigenvalue weighted by Gasteiger charge is -2.09. The van der Waals surface area contributed by atoms with Crippen LogP contribution in [0.25, 0.3) is 21.0 Å². The maximum atomic E-state index is 12.9. The van der Waals surface area contributed by atoms with Gasteiger partial charge in [-0.1, -0.05) is 29.5 Å². The normalized spacial score (nSPS) is 10.9. The van der Waals surface area contributed by atoms with Crippen LogP contribution in [-0.2, 0) is 6.54 Å². The molecule has 3 N–H and O–H groups in total. The Morgan fingerprint density at radius 2 is 1.94 bits per heavy atom. The highest BCUT2D eigenvalue weighted by molar-refractivity contribution is 7.17. The van der Waals surface area contributed by atoms with Gasteiger partial charge < -0.3 is 15.8 Å². The number of anilines is 2. The van der Waals surface area contributed by atoms with Crippen molar-refractivity contribution < 1.29 is 9.53 Å². The Bertz CT molecular complexity index is 1420. The molecule has 0 saturated heterocycles. The van der Waals surface area contributed by atoms with Crippen molar-refractivity contribution >= 4 is 40.0 Å². The van der Waals surface area contributed by atoms with Crippen LogP contribution in [0.2, 0.25) is 0 Å². The smallest absolute Gasteiger partial charge is 0.265 e. The number of nitrogens with two attached hydrogens (primary N) is 1. The van der Waals surface area contributed by atoms with Crippen LogP contribution in [0.1, 0.15) is 15.2 Å². The van der Waals surface area contributed by atoms with Crippen LogP contribution in [0.3, 0.4) is 0 Å². The molecule has 0 spiro atoms. The Morgan fingerprint density at radius 1 is 1.09 bits per heavy atom. The number of carbonyl (C=O) groups is 1. The number of methoxy groups -OCH3 is 1. The summed E-state index contributed by atoms with van der Waals surface area (Å²) in [5, 5.41) is 13.5. The molecule has 7 nitrogen and oxygen atoms in total. The highest BCUT2D eigenvalue weighted by Gasteiger charge is 2.15. The monoisotopic (exact) mass is 487 g/mol. The molecule has 2 aromatic carbocycles. The molecule has 3 heterocycles. The second kappa shape index (κ2) is 9.50. The molecule has 0 radical (unpaired) electrons. The Kier molecular flexibility index (Phi) is 6.11. The van der Waals surface area contributed by atoms with Crippen molar-refractivity contribution in [1.29, 1.82) is 0 Å². The average molecular weight is 488 g/mol. The zero-order valence-corrected chi connectivity index (χ0v) is 19.9. The lowest BCUT2D eigenvalue weighted by molar-refractivity contribution is 0.103. The van der Waals surface area contributed by atoms with Gasteiger partial charge in [-0.2, -0.15) is 0 Å². The Balaban J connectivity index is 1.29. The highest BCUT2D eigenvalue weighted by Crippen LogP contribution is 2.32. The van der Waals surface area contributed by atoms with Crippen molar-refractivity contribution in [1.82, 2.24) is 15.0 Å². The number of nitrogens with zero attached hydrogens (tertiary/aromatic N) is 3. The first-order chi connectivity index (χ1) is 16.6. The molecule has 5 aromatic rings. The molecule has 34 heavy (non-hydrogen) atoms. The molecule has 0 atom stereocenters. The lowest BCUT2D eigenvalue weighted by Crippen LogP contribution is -2.11. The molecule has 0 aliphatic carbocycles. The Hall–Kier alpha value is -3.95. The van der Waals surface area contributed by atoms with Gasteiger partial charge in [-0.05, 0) is 59.0 Å². The number of hydrogen-bond donors (Lipinski definition) is 2. The van der Waals surface area contributed by atoms with E-state index in [0.717, 1.165) is 32.3 Å². The molecule has 0 aliphatic rings. The molecule has 3 aromatic heterocycles. The number of amides is 1. The summed E-state index contributed by atoms with van der Waals surface area (Å²) < 4.78 is 6.97. The number of carbonyl (C=O) groups excluding carboxylic acids is 1. The van der Waals surface area contributed by atoms with Gasteiger partial charge >= 0.3 is 0 Å². The van der Waals surface area contributed by atoms with Crippen molar-refractivity contribution in [3.8, 4) is 26.8 Å². The molecular weight excluding hydrogens is 466 g/mol. The van der Waals surface area contributed by atoms with E-state index in [9.17, 15) is 4.79 Å². The van der Waals surface area contributed by atoms with E-state index in [1.54, 1.807) is 29.2 Å². The average Bonchev–Trinajstić information content (AvgIpc) is 3.62. The molecule has 170 valence electrons. The van der Waals surface area contributed by atoms with Gasteiger partial charge in [-0.3, -0.25) is 4.79 Å². The number of ether oxygens (including phenoxy) is 1. The predicted octanol–water partition coefficient (Wildman–Crippen LogP) is 5.63. The maximum absolute atomic E-state index is 12.9. The first-order valence-electron chi connectivity index (χ1n) is 10.5. The van der Waals surface area contributed by atoms with Crippen molar-refractivity contribution in [2.45, 2.75) is 6.54 Å². The van der Waals surface area contributed by atoms with Crippen LogP contribution in [-0.4, -0.2) is 28.0 Å². The number of nitrogen functional groups attached to an aromatic ring is 1. The SMILES string of the molecule is COc1ccc(Cn2cc(-c3ccc(C(=O)Nc4cc(-c5cccs5)ccc4N)s3)nn2)cc1. The van der Waals surface area contributed by atoms with Gasteiger partial charge in [-0.15, -0.1) is 27.8 Å². The first-order valence-corrected chi connectivity index (χ1v) is 12.2. The lowest BCUT2D eigenvalue weighted by atomic mass is 10.1. The third kappa shape index (κ3) is 4.70. The molecular formula is C25H21N5O2S2. The summed E-state index contributed by atoms with van der Waals surface area (Å²) in [4.78, 5) is 15.5. The largest absolute Gasteiger partial charge is 0.497 e.